The number of aryl methyl sites for hydroxylation is 1. The van der Waals surface area contributed by atoms with E-state index in [1.54, 1.807) is 24.3 Å². The number of amides is 7. The van der Waals surface area contributed by atoms with Crippen LogP contribution in [0.2, 0.25) is 0 Å². The molecule has 7 amide bonds. The van der Waals surface area contributed by atoms with Crippen LogP contribution < -0.4 is 21.3 Å². The van der Waals surface area contributed by atoms with Gasteiger partial charge < -0.3 is 45.8 Å². The van der Waals surface area contributed by atoms with Gasteiger partial charge in [-0.3, -0.25) is 24.0 Å². The third-order valence-electron chi connectivity index (χ3n) is 11.3. The molecule has 3 fully saturated rings. The minimum atomic E-state index is -1.69. The third-order valence-corrected chi connectivity index (χ3v) is 11.3. The zero-order valence-electron chi connectivity index (χ0n) is 34.7. The van der Waals surface area contributed by atoms with Gasteiger partial charge in [0.1, 0.15) is 54.0 Å². The van der Waals surface area contributed by atoms with Gasteiger partial charge >= 0.3 is 12.0 Å². The number of likely N-dealkylation sites (N-methyl/N-ethyl adjacent to an activating group) is 1. The fourth-order valence-electron chi connectivity index (χ4n) is 8.13. The van der Waals surface area contributed by atoms with E-state index in [0.29, 0.717) is 24.6 Å². The average Bonchev–Trinajstić information content (AvgIpc) is 3.59. The number of urea groups is 1. The van der Waals surface area contributed by atoms with E-state index in [4.69, 9.17) is 4.74 Å². The van der Waals surface area contributed by atoms with Crippen molar-refractivity contribution >= 4 is 47.2 Å². The smallest absolute Gasteiger partial charge is 0.329 e. The number of piperidine rings is 1. The number of anilines is 1. The first kappa shape index (κ1) is 45.4. The Bertz CT molecular complexity index is 1930. The maximum absolute atomic E-state index is 14.8. The Balaban J connectivity index is 1.53. The van der Waals surface area contributed by atoms with E-state index >= 15 is 0 Å². The monoisotopic (exact) mass is 839 g/mol. The molecule has 3 aliphatic heterocycles. The van der Waals surface area contributed by atoms with Gasteiger partial charge in [0.25, 0.3) is 0 Å². The van der Waals surface area contributed by atoms with Crippen LogP contribution in [0, 0.1) is 17.6 Å². The number of aliphatic hydroxyl groups excluding tert-OH is 1. The van der Waals surface area contributed by atoms with Crippen molar-refractivity contribution in [3.05, 3.63) is 65.2 Å². The van der Waals surface area contributed by atoms with Gasteiger partial charge in [0, 0.05) is 38.3 Å². The van der Waals surface area contributed by atoms with Crippen molar-refractivity contribution in [2.24, 2.45) is 5.92 Å². The molecule has 60 heavy (non-hydrogen) atoms. The number of carbonyl (C=O) groups excluding carboxylic acids is 7. The number of cyclic esters (lactones) is 1. The number of nitrogens with zero attached hydrogens (tertiary/aromatic N) is 3. The molecule has 0 bridgehead atoms. The number of aliphatic hydroxyl groups is 1. The fraction of sp³-hybridized carbons (Fsp3) is 0.548. The molecular formula is C42H55F2N7O9. The quantitative estimate of drug-likeness (QED) is 0.246. The molecule has 3 saturated heterocycles. The van der Waals surface area contributed by atoms with E-state index in [-0.39, 0.29) is 37.4 Å². The molecule has 2 aromatic carbocycles. The summed E-state index contributed by atoms with van der Waals surface area (Å²) in [7, 11) is 1.31. The largest absolute Gasteiger partial charge is 0.458 e. The second-order valence-corrected chi connectivity index (χ2v) is 16.1. The summed E-state index contributed by atoms with van der Waals surface area (Å²) in [5.41, 5.74) is 1.40. The molecule has 5 rings (SSSR count). The summed E-state index contributed by atoms with van der Waals surface area (Å²) in [5.74, 6) is -6.88. The van der Waals surface area contributed by atoms with E-state index in [2.05, 4.69) is 21.3 Å². The molecule has 0 saturated carbocycles. The lowest BCUT2D eigenvalue weighted by molar-refractivity contribution is -0.164. The van der Waals surface area contributed by atoms with Gasteiger partial charge in [-0.25, -0.2) is 18.4 Å². The zero-order chi connectivity index (χ0) is 44.0. The number of ether oxygens (including phenoxy) is 1. The summed E-state index contributed by atoms with van der Waals surface area (Å²) < 4.78 is 34.6. The van der Waals surface area contributed by atoms with Crippen molar-refractivity contribution in [3.63, 3.8) is 0 Å². The van der Waals surface area contributed by atoms with Gasteiger partial charge in [-0.2, -0.15) is 0 Å². The van der Waals surface area contributed by atoms with Gasteiger partial charge in [-0.1, -0.05) is 26.0 Å². The Labute approximate surface area is 347 Å². The van der Waals surface area contributed by atoms with E-state index in [9.17, 15) is 47.4 Å². The lowest BCUT2D eigenvalue weighted by atomic mass is 9.97. The molecule has 0 aliphatic carbocycles. The molecular weight excluding hydrogens is 784 g/mol. The first-order valence-electron chi connectivity index (χ1n) is 20.4. The maximum Gasteiger partial charge on any atom is 0.329 e. The predicted molar refractivity (Wildman–Crippen MR) is 214 cm³/mol. The lowest BCUT2D eigenvalue weighted by Gasteiger charge is -2.41. The molecule has 18 heteroatoms. The first-order valence-corrected chi connectivity index (χ1v) is 20.4. The second kappa shape index (κ2) is 19.6. The van der Waals surface area contributed by atoms with E-state index in [1.165, 1.54) is 37.6 Å². The van der Waals surface area contributed by atoms with Gasteiger partial charge in [0.2, 0.25) is 29.5 Å². The molecule has 3 aliphatic rings. The van der Waals surface area contributed by atoms with Gasteiger partial charge in [0.15, 0.2) is 0 Å². The van der Waals surface area contributed by atoms with E-state index in [0.717, 1.165) is 29.0 Å². The highest BCUT2D eigenvalue weighted by molar-refractivity contribution is 5.98. The first-order chi connectivity index (χ1) is 28.4. The normalized spacial score (nSPS) is 26.6. The number of hydrogen-bond donors (Lipinski definition) is 5. The van der Waals surface area contributed by atoms with Crippen molar-refractivity contribution in [1.29, 1.82) is 0 Å². The Hall–Kier alpha value is -5.65. The number of carbonyl (C=O) groups is 7. The van der Waals surface area contributed by atoms with Crippen LogP contribution in [-0.2, 0) is 46.3 Å². The minimum absolute atomic E-state index is 0.000173. The van der Waals surface area contributed by atoms with Crippen LogP contribution in [0.5, 0.6) is 0 Å². The van der Waals surface area contributed by atoms with Crippen LogP contribution in [0.3, 0.4) is 0 Å². The molecule has 2 aromatic rings. The van der Waals surface area contributed by atoms with Crippen molar-refractivity contribution < 1.29 is 52.2 Å². The van der Waals surface area contributed by atoms with Gasteiger partial charge in [-0.15, -0.1) is 0 Å². The molecule has 0 spiro atoms. The van der Waals surface area contributed by atoms with Crippen LogP contribution in [0.15, 0.2) is 42.5 Å². The lowest BCUT2D eigenvalue weighted by Crippen LogP contribution is -2.65. The van der Waals surface area contributed by atoms with Crippen molar-refractivity contribution in [2.75, 3.05) is 25.5 Å². The Morgan fingerprint density at radius 2 is 1.58 bits per heavy atom. The second-order valence-electron chi connectivity index (χ2n) is 16.1. The summed E-state index contributed by atoms with van der Waals surface area (Å²) >= 11 is 0. The molecule has 0 radical (unpaired) electrons. The van der Waals surface area contributed by atoms with Gasteiger partial charge in [0.05, 0.1) is 6.10 Å². The molecule has 0 aromatic heterocycles. The number of benzene rings is 2. The van der Waals surface area contributed by atoms with Crippen molar-refractivity contribution in [3.8, 4) is 0 Å². The third kappa shape index (κ3) is 10.7. The summed E-state index contributed by atoms with van der Waals surface area (Å²) in [6, 6.07) is 0.515. The summed E-state index contributed by atoms with van der Waals surface area (Å²) in [4.78, 5) is 102. The minimum Gasteiger partial charge on any atom is -0.458 e. The molecule has 5 N–H and O–H groups in total. The highest BCUT2D eigenvalue weighted by Crippen LogP contribution is 2.27. The molecule has 9 atom stereocenters. The number of rotatable bonds is 8. The topological polar surface area (TPSA) is 207 Å². The number of fused-ring (bicyclic) bond motifs is 2. The SMILES string of the molecule is CCc1ccc(NC(=O)N[C@@H](Cc2cc(F)cc(F)c2)C(=O)N[C@@H]2C(=O)N3CCCC[C@H]3C(=O)N(C)[C@@H]([C@H](C)O)C(=O)N[C@@H](C)C(=O)N3C[C@H](C)C[C@H]3C(=O)O[C@H]2C)cc1. The fourth-order valence-corrected chi connectivity index (χ4v) is 8.13. The molecule has 3 heterocycles. The van der Waals surface area contributed by atoms with Crippen LogP contribution >= 0.6 is 0 Å². The predicted octanol–water partition coefficient (Wildman–Crippen LogP) is 2.02. The van der Waals surface area contributed by atoms with Crippen LogP contribution in [0.4, 0.5) is 19.3 Å². The van der Waals surface area contributed by atoms with Crippen molar-refractivity contribution in [1.82, 2.24) is 30.7 Å². The van der Waals surface area contributed by atoms with Crippen LogP contribution in [0.25, 0.3) is 0 Å². The average molecular weight is 840 g/mol. The molecule has 326 valence electrons. The maximum atomic E-state index is 14.8. The summed E-state index contributed by atoms with van der Waals surface area (Å²) in [6.45, 7) is 8.07. The van der Waals surface area contributed by atoms with Crippen LogP contribution in [0.1, 0.15) is 71.4 Å². The van der Waals surface area contributed by atoms with E-state index < -0.39 is 108 Å². The standard InChI is InChI=1S/C42H55F2N7O9/c1-7-26-11-13-30(14-12-26)46-42(59)47-31(19-27-17-28(43)20-29(44)18-27)36(53)48-34-25(5)60-41(58)33-16-22(2)21-51(33)38(55)23(3)45-37(54)35(24(4)52)49(6)39(56)32-10-8-9-15-50(32)40(34)57/h11-14,17-18,20,22-25,31-35,52H,7-10,15-16,19,21H2,1-6H3,(H,45,54)(H,48,53)(H2,46,47,59)/t22-,23+,24+,25+,31+,32+,33+,34+,35+/m1/s1. The highest BCUT2D eigenvalue weighted by atomic mass is 19.1. The van der Waals surface area contributed by atoms with E-state index in [1.807, 2.05) is 13.8 Å². The zero-order valence-corrected chi connectivity index (χ0v) is 34.7. The Kier molecular flexibility index (Phi) is 14.8. The van der Waals surface area contributed by atoms with Crippen molar-refractivity contribution in [2.45, 2.75) is 122 Å². The molecule has 16 nitrogen and oxygen atoms in total. The Morgan fingerprint density at radius 3 is 2.22 bits per heavy atom. The number of halogens is 2. The highest BCUT2D eigenvalue weighted by Gasteiger charge is 2.46. The van der Waals surface area contributed by atoms with Crippen LogP contribution in [-0.4, -0.2) is 130 Å². The number of nitrogens with one attached hydrogen (secondary N) is 4. The summed E-state index contributed by atoms with van der Waals surface area (Å²) in [5, 5.41) is 21.1. The number of esters is 1. The molecule has 0 unspecified atom stereocenters. The van der Waals surface area contributed by atoms with Gasteiger partial charge in [-0.05, 0) is 94.2 Å². The summed E-state index contributed by atoms with van der Waals surface area (Å²) in [6.07, 6.45) is -1.21. The Morgan fingerprint density at radius 1 is 0.917 bits per heavy atom. The number of hydrogen-bond acceptors (Lipinski definition) is 9.